The van der Waals surface area contributed by atoms with Crippen molar-refractivity contribution >= 4 is 11.6 Å². The Morgan fingerprint density at radius 1 is 1.28 bits per heavy atom. The topological polar surface area (TPSA) is 81.1 Å². The normalized spacial score (nSPS) is 9.44. The lowest BCUT2D eigenvalue weighted by molar-refractivity contribution is -0.116. The molecular weight excluding hydrogens is 226 g/mol. The van der Waals surface area contributed by atoms with Crippen molar-refractivity contribution in [3.63, 3.8) is 0 Å². The van der Waals surface area contributed by atoms with Crippen LogP contribution in [-0.4, -0.2) is 19.0 Å². The molecule has 0 saturated carbocycles. The van der Waals surface area contributed by atoms with E-state index in [1.807, 2.05) is 24.3 Å². The first-order valence-electron chi connectivity index (χ1n) is 6.05. The molecule has 96 valence electrons. The second-order valence-corrected chi connectivity index (χ2v) is 3.88. The summed E-state index contributed by atoms with van der Waals surface area (Å²) in [6, 6.07) is 7.42. The second kappa shape index (κ2) is 8.29. The number of rotatable bonds is 5. The lowest BCUT2D eigenvalue weighted by Gasteiger charge is -2.05. The quantitative estimate of drug-likeness (QED) is 0.536. The van der Waals surface area contributed by atoms with Gasteiger partial charge in [0, 0.05) is 17.7 Å². The Morgan fingerprint density at radius 3 is 2.83 bits per heavy atom. The number of hydrogen-bond acceptors (Lipinski definition) is 3. The van der Waals surface area contributed by atoms with Crippen LogP contribution in [0.3, 0.4) is 0 Å². The van der Waals surface area contributed by atoms with E-state index in [0.717, 1.165) is 24.1 Å². The highest BCUT2D eigenvalue weighted by molar-refractivity contribution is 5.90. The van der Waals surface area contributed by atoms with Gasteiger partial charge in [0.1, 0.15) is 0 Å². The minimum absolute atomic E-state index is 0.00684. The zero-order chi connectivity index (χ0) is 13.2. The Bertz CT molecular complexity index is 446. The highest BCUT2D eigenvalue weighted by Gasteiger charge is 2.01. The summed E-state index contributed by atoms with van der Waals surface area (Å²) in [5.41, 5.74) is 12.3. The molecule has 0 saturated heterocycles. The summed E-state index contributed by atoms with van der Waals surface area (Å²) in [5.74, 6) is 5.71. The highest BCUT2D eigenvalue weighted by atomic mass is 16.1. The van der Waals surface area contributed by atoms with Crippen LogP contribution in [0, 0.1) is 11.8 Å². The van der Waals surface area contributed by atoms with Crippen molar-refractivity contribution < 1.29 is 4.79 Å². The predicted molar refractivity (Wildman–Crippen MR) is 73.9 cm³/mol. The van der Waals surface area contributed by atoms with Crippen LogP contribution in [0.5, 0.6) is 0 Å². The molecule has 1 aromatic carbocycles. The molecule has 0 aliphatic heterocycles. The minimum Gasteiger partial charge on any atom is -0.330 e. The molecule has 0 bridgehead atoms. The fraction of sp³-hybridized carbons (Fsp3) is 0.357. The molecule has 1 aromatic rings. The maximum atomic E-state index is 11.6. The molecule has 5 N–H and O–H groups in total. The minimum atomic E-state index is 0.00684. The van der Waals surface area contributed by atoms with E-state index in [0.29, 0.717) is 19.5 Å². The molecule has 0 radical (unpaired) electrons. The van der Waals surface area contributed by atoms with E-state index >= 15 is 0 Å². The van der Waals surface area contributed by atoms with Gasteiger partial charge < -0.3 is 16.8 Å². The smallest absolute Gasteiger partial charge is 0.224 e. The fourth-order valence-electron chi connectivity index (χ4n) is 1.48. The SMILES string of the molecule is NCC#Cc1cccc(NC(=O)CCCCN)c1. The number of nitrogens with one attached hydrogen (secondary N) is 1. The molecule has 0 atom stereocenters. The van der Waals surface area contributed by atoms with Crippen molar-refractivity contribution in [3.05, 3.63) is 29.8 Å². The number of carbonyl (C=O) groups is 1. The van der Waals surface area contributed by atoms with Gasteiger partial charge in [0.15, 0.2) is 0 Å². The van der Waals surface area contributed by atoms with E-state index < -0.39 is 0 Å². The van der Waals surface area contributed by atoms with Gasteiger partial charge in [-0.2, -0.15) is 0 Å². The van der Waals surface area contributed by atoms with E-state index in [-0.39, 0.29) is 5.91 Å². The number of amides is 1. The van der Waals surface area contributed by atoms with Gasteiger partial charge in [-0.1, -0.05) is 17.9 Å². The first kappa shape index (κ1) is 14.2. The van der Waals surface area contributed by atoms with Gasteiger partial charge in [-0.15, -0.1) is 0 Å². The summed E-state index contributed by atoms with van der Waals surface area (Å²) in [6.45, 7) is 0.952. The number of carbonyl (C=O) groups excluding carboxylic acids is 1. The van der Waals surface area contributed by atoms with Crippen LogP contribution in [0.4, 0.5) is 5.69 Å². The van der Waals surface area contributed by atoms with E-state index in [1.54, 1.807) is 0 Å². The number of hydrogen-bond donors (Lipinski definition) is 3. The Morgan fingerprint density at radius 2 is 2.11 bits per heavy atom. The van der Waals surface area contributed by atoms with Crippen LogP contribution in [-0.2, 0) is 4.79 Å². The van der Waals surface area contributed by atoms with E-state index in [9.17, 15) is 4.79 Å². The zero-order valence-electron chi connectivity index (χ0n) is 10.4. The Balaban J connectivity index is 2.53. The van der Waals surface area contributed by atoms with Crippen molar-refractivity contribution in [2.45, 2.75) is 19.3 Å². The summed E-state index contributed by atoms with van der Waals surface area (Å²) in [7, 11) is 0. The number of unbranched alkanes of at least 4 members (excludes halogenated alkanes) is 1. The Hall–Kier alpha value is -1.83. The van der Waals surface area contributed by atoms with Crippen LogP contribution >= 0.6 is 0 Å². The average molecular weight is 245 g/mol. The summed E-state index contributed by atoms with van der Waals surface area (Å²) in [4.78, 5) is 11.6. The monoisotopic (exact) mass is 245 g/mol. The zero-order valence-corrected chi connectivity index (χ0v) is 10.4. The molecule has 1 amide bonds. The number of nitrogens with two attached hydrogens (primary N) is 2. The van der Waals surface area contributed by atoms with Gasteiger partial charge in [-0.05, 0) is 37.6 Å². The van der Waals surface area contributed by atoms with Crippen molar-refractivity contribution in [1.82, 2.24) is 0 Å². The molecule has 0 aliphatic rings. The average Bonchev–Trinajstić information content (AvgIpc) is 2.37. The lowest BCUT2D eigenvalue weighted by Crippen LogP contribution is -2.12. The number of anilines is 1. The van der Waals surface area contributed by atoms with Gasteiger partial charge in [0.05, 0.1) is 6.54 Å². The van der Waals surface area contributed by atoms with Gasteiger partial charge >= 0.3 is 0 Å². The third kappa shape index (κ3) is 5.48. The first-order chi connectivity index (χ1) is 8.76. The largest absolute Gasteiger partial charge is 0.330 e. The lowest BCUT2D eigenvalue weighted by atomic mass is 10.2. The van der Waals surface area contributed by atoms with Crippen LogP contribution in [0.2, 0.25) is 0 Å². The van der Waals surface area contributed by atoms with Crippen LogP contribution in [0.25, 0.3) is 0 Å². The molecular formula is C14H19N3O. The van der Waals surface area contributed by atoms with Gasteiger partial charge in [0.25, 0.3) is 0 Å². The maximum absolute atomic E-state index is 11.6. The third-order valence-electron chi connectivity index (χ3n) is 2.34. The summed E-state index contributed by atoms with van der Waals surface area (Å²) < 4.78 is 0. The molecule has 0 spiro atoms. The third-order valence-corrected chi connectivity index (χ3v) is 2.34. The first-order valence-corrected chi connectivity index (χ1v) is 6.05. The van der Waals surface area contributed by atoms with Gasteiger partial charge in [-0.25, -0.2) is 0 Å². The molecule has 0 unspecified atom stereocenters. The van der Waals surface area contributed by atoms with Crippen LogP contribution in [0.1, 0.15) is 24.8 Å². The molecule has 18 heavy (non-hydrogen) atoms. The van der Waals surface area contributed by atoms with E-state index in [1.165, 1.54) is 0 Å². The molecule has 0 aromatic heterocycles. The van der Waals surface area contributed by atoms with Crippen LogP contribution in [0.15, 0.2) is 24.3 Å². The van der Waals surface area contributed by atoms with Crippen molar-refractivity contribution in [1.29, 1.82) is 0 Å². The standard InChI is InChI=1S/C14H19N3O/c15-9-2-1-8-14(18)17-13-7-3-5-12(11-13)6-4-10-16/h3,5,7,11H,1-2,8-10,15-16H2,(H,17,18). The molecule has 0 fully saturated rings. The summed E-state index contributed by atoms with van der Waals surface area (Å²) >= 11 is 0. The Labute approximate surface area is 108 Å². The van der Waals surface area contributed by atoms with Crippen molar-refractivity contribution in [2.75, 3.05) is 18.4 Å². The Kier molecular flexibility index (Phi) is 6.55. The molecule has 0 aliphatic carbocycles. The van der Waals surface area contributed by atoms with Gasteiger partial charge in [0.2, 0.25) is 5.91 Å². The van der Waals surface area contributed by atoms with E-state index in [4.69, 9.17) is 11.5 Å². The van der Waals surface area contributed by atoms with Gasteiger partial charge in [-0.3, -0.25) is 4.79 Å². The van der Waals surface area contributed by atoms with Crippen molar-refractivity contribution in [3.8, 4) is 11.8 Å². The second-order valence-electron chi connectivity index (χ2n) is 3.88. The van der Waals surface area contributed by atoms with Crippen LogP contribution < -0.4 is 16.8 Å². The molecule has 4 heteroatoms. The molecule has 1 rings (SSSR count). The molecule has 4 nitrogen and oxygen atoms in total. The van der Waals surface area contributed by atoms with Crippen molar-refractivity contribution in [2.24, 2.45) is 11.5 Å². The fourth-order valence-corrected chi connectivity index (χ4v) is 1.48. The maximum Gasteiger partial charge on any atom is 0.224 e. The number of benzene rings is 1. The molecule has 0 heterocycles. The predicted octanol–water partition coefficient (Wildman–Crippen LogP) is 1.06. The summed E-state index contributed by atoms with van der Waals surface area (Å²) in [6.07, 6.45) is 2.18. The summed E-state index contributed by atoms with van der Waals surface area (Å²) in [5, 5.41) is 2.84. The van der Waals surface area contributed by atoms with E-state index in [2.05, 4.69) is 17.2 Å². The highest BCUT2D eigenvalue weighted by Crippen LogP contribution is 2.10.